The highest BCUT2D eigenvalue weighted by atomic mass is 16.1. The van der Waals surface area contributed by atoms with Crippen LogP contribution in [0.4, 0.5) is 0 Å². The lowest BCUT2D eigenvalue weighted by molar-refractivity contribution is -0.121. The lowest BCUT2D eigenvalue weighted by Gasteiger charge is -2.10. The van der Waals surface area contributed by atoms with Crippen molar-refractivity contribution >= 4 is 5.91 Å². The van der Waals surface area contributed by atoms with E-state index in [4.69, 9.17) is 0 Å². The Bertz CT molecular complexity index is 482. The molecule has 94 valence electrons. The molecule has 0 radical (unpaired) electrons. The number of amides is 1. The molecular weight excluding hydrogens is 230 g/mol. The van der Waals surface area contributed by atoms with Crippen LogP contribution in [0.1, 0.15) is 30.8 Å². The van der Waals surface area contributed by atoms with Crippen LogP contribution in [0.3, 0.4) is 0 Å². The SMILES string of the molecule is CC(NC(=O)CCc1cccnc1)c1ncn[nH]1. The van der Waals surface area contributed by atoms with Crippen LogP contribution in [0.15, 0.2) is 30.9 Å². The number of carbonyl (C=O) groups excluding carboxylic acids is 1. The summed E-state index contributed by atoms with van der Waals surface area (Å²) in [7, 11) is 0. The minimum Gasteiger partial charge on any atom is -0.346 e. The maximum Gasteiger partial charge on any atom is 0.220 e. The van der Waals surface area contributed by atoms with Crippen molar-refractivity contribution in [1.82, 2.24) is 25.5 Å². The van der Waals surface area contributed by atoms with Crippen molar-refractivity contribution in [2.45, 2.75) is 25.8 Å². The predicted molar refractivity (Wildman–Crippen MR) is 65.5 cm³/mol. The van der Waals surface area contributed by atoms with E-state index in [0.717, 1.165) is 5.56 Å². The molecule has 2 rings (SSSR count). The molecule has 0 aliphatic rings. The molecule has 0 saturated heterocycles. The second-order valence-electron chi connectivity index (χ2n) is 4.02. The van der Waals surface area contributed by atoms with Crippen molar-refractivity contribution < 1.29 is 4.79 Å². The van der Waals surface area contributed by atoms with Gasteiger partial charge >= 0.3 is 0 Å². The number of aryl methyl sites for hydroxylation is 1. The number of aromatic nitrogens is 4. The minimum atomic E-state index is -0.158. The highest BCUT2D eigenvalue weighted by Crippen LogP contribution is 2.06. The summed E-state index contributed by atoms with van der Waals surface area (Å²) in [4.78, 5) is 19.7. The number of carbonyl (C=O) groups is 1. The Hall–Kier alpha value is -2.24. The van der Waals surface area contributed by atoms with Gasteiger partial charge in [0.1, 0.15) is 12.2 Å². The highest BCUT2D eigenvalue weighted by molar-refractivity contribution is 5.76. The van der Waals surface area contributed by atoms with E-state index in [2.05, 4.69) is 25.5 Å². The Kier molecular flexibility index (Phi) is 4.01. The summed E-state index contributed by atoms with van der Waals surface area (Å²) in [5.74, 6) is 0.646. The second-order valence-corrected chi connectivity index (χ2v) is 4.02. The number of hydrogen-bond donors (Lipinski definition) is 2. The van der Waals surface area contributed by atoms with Gasteiger partial charge in [0.2, 0.25) is 5.91 Å². The lowest BCUT2D eigenvalue weighted by atomic mass is 10.1. The van der Waals surface area contributed by atoms with Crippen molar-refractivity contribution in [2.75, 3.05) is 0 Å². The first-order valence-electron chi connectivity index (χ1n) is 5.79. The standard InChI is InChI=1S/C12H15N5O/c1-9(12-14-8-15-17-12)16-11(18)5-4-10-3-2-6-13-7-10/h2-3,6-9H,4-5H2,1H3,(H,16,18)(H,14,15,17). The number of pyridine rings is 1. The van der Waals surface area contributed by atoms with Crippen LogP contribution in [-0.2, 0) is 11.2 Å². The minimum absolute atomic E-state index is 0.0113. The molecule has 1 amide bonds. The average Bonchev–Trinajstić information content (AvgIpc) is 2.91. The van der Waals surface area contributed by atoms with Gasteiger partial charge in [-0.1, -0.05) is 6.07 Å². The third-order valence-corrected chi connectivity index (χ3v) is 2.58. The van der Waals surface area contributed by atoms with Crippen LogP contribution in [-0.4, -0.2) is 26.1 Å². The third kappa shape index (κ3) is 3.38. The first kappa shape index (κ1) is 12.2. The number of aromatic amines is 1. The van der Waals surface area contributed by atoms with Crippen LogP contribution in [0.2, 0.25) is 0 Å². The monoisotopic (exact) mass is 245 g/mol. The van der Waals surface area contributed by atoms with Gasteiger partial charge in [0, 0.05) is 18.8 Å². The van der Waals surface area contributed by atoms with Gasteiger partial charge in [-0.25, -0.2) is 4.98 Å². The number of nitrogens with one attached hydrogen (secondary N) is 2. The largest absolute Gasteiger partial charge is 0.346 e. The Morgan fingerprint density at radius 3 is 3.11 bits per heavy atom. The molecule has 0 fully saturated rings. The Morgan fingerprint density at radius 2 is 2.44 bits per heavy atom. The molecule has 0 bridgehead atoms. The van der Waals surface area contributed by atoms with Gasteiger partial charge < -0.3 is 5.32 Å². The fourth-order valence-corrected chi connectivity index (χ4v) is 1.61. The summed E-state index contributed by atoms with van der Waals surface area (Å²) in [5.41, 5.74) is 1.06. The number of nitrogens with zero attached hydrogens (tertiary/aromatic N) is 3. The predicted octanol–water partition coefficient (Wildman–Crippen LogP) is 1.01. The van der Waals surface area contributed by atoms with E-state index < -0.39 is 0 Å². The van der Waals surface area contributed by atoms with E-state index in [-0.39, 0.29) is 11.9 Å². The summed E-state index contributed by atoms with van der Waals surface area (Å²) in [5, 5.41) is 9.34. The molecule has 2 aromatic rings. The zero-order valence-electron chi connectivity index (χ0n) is 10.1. The summed E-state index contributed by atoms with van der Waals surface area (Å²) in [6.07, 6.45) is 6.03. The summed E-state index contributed by atoms with van der Waals surface area (Å²) in [6.45, 7) is 1.86. The summed E-state index contributed by atoms with van der Waals surface area (Å²) >= 11 is 0. The van der Waals surface area contributed by atoms with E-state index in [1.165, 1.54) is 6.33 Å². The maximum atomic E-state index is 11.7. The first-order valence-corrected chi connectivity index (χ1v) is 5.79. The van der Waals surface area contributed by atoms with Crippen molar-refractivity contribution in [3.63, 3.8) is 0 Å². The normalized spacial score (nSPS) is 12.1. The number of rotatable bonds is 5. The van der Waals surface area contributed by atoms with E-state index in [0.29, 0.717) is 18.7 Å². The van der Waals surface area contributed by atoms with Gasteiger partial charge in [0.05, 0.1) is 6.04 Å². The highest BCUT2D eigenvalue weighted by Gasteiger charge is 2.11. The molecule has 2 N–H and O–H groups in total. The molecule has 0 aliphatic heterocycles. The smallest absolute Gasteiger partial charge is 0.220 e. The van der Waals surface area contributed by atoms with Gasteiger partial charge in [-0.15, -0.1) is 0 Å². The zero-order chi connectivity index (χ0) is 12.8. The molecular formula is C12H15N5O. The van der Waals surface area contributed by atoms with Gasteiger partial charge in [0.15, 0.2) is 0 Å². The van der Waals surface area contributed by atoms with Crippen molar-refractivity contribution in [3.05, 3.63) is 42.2 Å². The van der Waals surface area contributed by atoms with Crippen LogP contribution in [0.25, 0.3) is 0 Å². The molecule has 0 aromatic carbocycles. The third-order valence-electron chi connectivity index (χ3n) is 2.58. The van der Waals surface area contributed by atoms with Gasteiger partial charge in [-0.05, 0) is 25.0 Å². The molecule has 0 aliphatic carbocycles. The Morgan fingerprint density at radius 1 is 1.56 bits per heavy atom. The molecule has 0 saturated carbocycles. The topological polar surface area (TPSA) is 83.6 Å². The molecule has 0 spiro atoms. The number of hydrogen-bond acceptors (Lipinski definition) is 4. The quantitative estimate of drug-likeness (QED) is 0.823. The van der Waals surface area contributed by atoms with Crippen LogP contribution >= 0.6 is 0 Å². The van der Waals surface area contributed by atoms with Gasteiger partial charge in [0.25, 0.3) is 0 Å². The second kappa shape index (κ2) is 5.90. The molecule has 6 heteroatoms. The molecule has 2 aromatic heterocycles. The zero-order valence-corrected chi connectivity index (χ0v) is 10.1. The number of H-pyrrole nitrogens is 1. The fraction of sp³-hybridized carbons (Fsp3) is 0.333. The molecule has 1 atom stereocenters. The maximum absolute atomic E-state index is 11.7. The van der Waals surface area contributed by atoms with Crippen molar-refractivity contribution in [1.29, 1.82) is 0 Å². The molecule has 2 heterocycles. The van der Waals surface area contributed by atoms with Crippen LogP contribution in [0, 0.1) is 0 Å². The molecule has 6 nitrogen and oxygen atoms in total. The van der Waals surface area contributed by atoms with Crippen LogP contribution < -0.4 is 5.32 Å². The van der Waals surface area contributed by atoms with Crippen molar-refractivity contribution in [3.8, 4) is 0 Å². The molecule has 1 unspecified atom stereocenters. The van der Waals surface area contributed by atoms with E-state index >= 15 is 0 Å². The Labute approximate surface area is 105 Å². The van der Waals surface area contributed by atoms with Crippen molar-refractivity contribution in [2.24, 2.45) is 0 Å². The lowest BCUT2D eigenvalue weighted by Crippen LogP contribution is -2.27. The average molecular weight is 245 g/mol. The first-order chi connectivity index (χ1) is 8.75. The molecule has 18 heavy (non-hydrogen) atoms. The van der Waals surface area contributed by atoms with Gasteiger partial charge in [-0.3, -0.25) is 14.9 Å². The summed E-state index contributed by atoms with van der Waals surface area (Å²) in [6, 6.07) is 3.67. The van der Waals surface area contributed by atoms with E-state index in [9.17, 15) is 4.79 Å². The summed E-state index contributed by atoms with van der Waals surface area (Å²) < 4.78 is 0. The van der Waals surface area contributed by atoms with Crippen LogP contribution in [0.5, 0.6) is 0 Å². The van der Waals surface area contributed by atoms with E-state index in [1.54, 1.807) is 12.4 Å². The Balaban J connectivity index is 1.79. The fourth-order valence-electron chi connectivity index (χ4n) is 1.61. The van der Waals surface area contributed by atoms with E-state index in [1.807, 2.05) is 19.1 Å². The van der Waals surface area contributed by atoms with Gasteiger partial charge in [-0.2, -0.15) is 5.10 Å².